The third-order valence-corrected chi connectivity index (χ3v) is 8.44. The Morgan fingerprint density at radius 3 is 1.49 bits per heavy atom. The summed E-state index contributed by atoms with van der Waals surface area (Å²) >= 11 is 0. The number of benzene rings is 2. The first kappa shape index (κ1) is 39.9. The predicted octanol–water partition coefficient (Wildman–Crippen LogP) is 11.3. The van der Waals surface area contributed by atoms with Gasteiger partial charge in [-0.05, 0) is 50.3 Å². The monoisotopic (exact) mass is 682 g/mol. The summed E-state index contributed by atoms with van der Waals surface area (Å²) in [6.45, 7) is 13.3. The maximum Gasteiger partial charge on any atom is 0.239 e. The molecule has 274 valence electrons. The van der Waals surface area contributed by atoms with Gasteiger partial charge in [-0.15, -0.1) is 0 Å². The van der Waals surface area contributed by atoms with Gasteiger partial charge in [0.2, 0.25) is 16.9 Å². The van der Waals surface area contributed by atoms with Crippen LogP contribution in [0.15, 0.2) is 33.5 Å². The molecule has 0 aliphatic heterocycles. The van der Waals surface area contributed by atoms with Crippen molar-refractivity contribution >= 4 is 11.0 Å². The van der Waals surface area contributed by atoms with E-state index in [1.807, 2.05) is 18.2 Å². The highest BCUT2D eigenvalue weighted by Gasteiger charge is 2.27. The van der Waals surface area contributed by atoms with E-state index in [2.05, 4.69) is 34.6 Å². The number of ether oxygens (including phenoxy) is 6. The molecule has 0 amide bonds. The van der Waals surface area contributed by atoms with Crippen LogP contribution in [0.4, 0.5) is 0 Å². The molecule has 0 atom stereocenters. The molecule has 0 N–H and O–H groups in total. The molecule has 0 aliphatic carbocycles. The average molecular weight is 683 g/mol. The number of rotatable bonds is 27. The largest absolute Gasteiger partial charge is 0.493 e. The van der Waals surface area contributed by atoms with Crippen molar-refractivity contribution in [2.24, 2.45) is 0 Å². The van der Waals surface area contributed by atoms with E-state index in [0.717, 1.165) is 96.3 Å². The smallest absolute Gasteiger partial charge is 0.239 e. The summed E-state index contributed by atoms with van der Waals surface area (Å²) in [7, 11) is 1.59. The fraction of sp³-hybridized carbons (Fsp3) is 0.634. The molecular formula is C41H62O8. The number of fused-ring (bicyclic) bond motifs is 1. The Hall–Kier alpha value is -3.55. The van der Waals surface area contributed by atoms with Crippen molar-refractivity contribution in [2.75, 3.05) is 40.1 Å². The molecule has 3 aromatic rings. The zero-order valence-electron chi connectivity index (χ0n) is 31.2. The van der Waals surface area contributed by atoms with E-state index in [1.54, 1.807) is 13.2 Å². The molecular weight excluding hydrogens is 620 g/mol. The van der Waals surface area contributed by atoms with Crippen LogP contribution in [0, 0.1) is 0 Å². The average Bonchev–Trinajstić information content (AvgIpc) is 3.11. The van der Waals surface area contributed by atoms with Crippen molar-refractivity contribution in [2.45, 2.75) is 131 Å². The van der Waals surface area contributed by atoms with Gasteiger partial charge in [0, 0.05) is 11.6 Å². The van der Waals surface area contributed by atoms with E-state index in [0.29, 0.717) is 78.5 Å². The van der Waals surface area contributed by atoms with Crippen LogP contribution >= 0.6 is 0 Å². The number of hydrogen-bond donors (Lipinski definition) is 0. The fourth-order valence-corrected chi connectivity index (χ4v) is 5.53. The second kappa shape index (κ2) is 23.0. The van der Waals surface area contributed by atoms with E-state index in [1.165, 1.54) is 0 Å². The first-order valence-electron chi connectivity index (χ1n) is 19.0. The molecule has 0 spiro atoms. The van der Waals surface area contributed by atoms with Gasteiger partial charge in [-0.25, -0.2) is 0 Å². The van der Waals surface area contributed by atoms with Crippen molar-refractivity contribution in [1.82, 2.24) is 0 Å². The minimum atomic E-state index is -0.301. The van der Waals surface area contributed by atoms with Crippen molar-refractivity contribution < 1.29 is 32.8 Å². The maximum absolute atomic E-state index is 14.6. The first-order valence-corrected chi connectivity index (χ1v) is 19.0. The molecule has 0 bridgehead atoms. The van der Waals surface area contributed by atoms with Crippen LogP contribution in [0.1, 0.15) is 131 Å². The Kier molecular flexibility index (Phi) is 18.7. The van der Waals surface area contributed by atoms with Crippen LogP contribution < -0.4 is 33.8 Å². The zero-order valence-corrected chi connectivity index (χ0v) is 31.2. The van der Waals surface area contributed by atoms with Crippen molar-refractivity contribution in [3.63, 3.8) is 0 Å². The summed E-state index contributed by atoms with van der Waals surface area (Å²) in [5.74, 6) is 3.00. The molecule has 8 nitrogen and oxygen atoms in total. The molecule has 0 radical (unpaired) electrons. The van der Waals surface area contributed by atoms with Crippen molar-refractivity contribution in [3.05, 3.63) is 34.5 Å². The van der Waals surface area contributed by atoms with E-state index in [9.17, 15) is 4.79 Å². The molecule has 0 fully saturated rings. The molecule has 0 aliphatic rings. The van der Waals surface area contributed by atoms with Gasteiger partial charge in [0.15, 0.2) is 28.6 Å². The molecule has 1 aromatic heterocycles. The Morgan fingerprint density at radius 1 is 0.510 bits per heavy atom. The topological polar surface area (TPSA) is 85.6 Å². The van der Waals surface area contributed by atoms with Crippen molar-refractivity contribution in [1.29, 1.82) is 0 Å². The highest BCUT2D eigenvalue weighted by Crippen LogP contribution is 2.45. The van der Waals surface area contributed by atoms with Gasteiger partial charge in [-0.3, -0.25) is 4.79 Å². The Balaban J connectivity index is 2.24. The lowest BCUT2D eigenvalue weighted by molar-refractivity contribution is 0.259. The summed E-state index contributed by atoms with van der Waals surface area (Å²) in [5.41, 5.74) is 0.637. The fourth-order valence-electron chi connectivity index (χ4n) is 5.53. The quantitative estimate of drug-likeness (QED) is 0.0734. The molecule has 0 saturated heterocycles. The zero-order chi connectivity index (χ0) is 35.3. The van der Waals surface area contributed by atoms with Crippen LogP contribution in [-0.2, 0) is 0 Å². The van der Waals surface area contributed by atoms with Gasteiger partial charge in [0.25, 0.3) is 0 Å². The summed E-state index contributed by atoms with van der Waals surface area (Å²) in [6.07, 6.45) is 15.1. The molecule has 1 heterocycles. The van der Waals surface area contributed by atoms with Gasteiger partial charge in [0.1, 0.15) is 11.1 Å². The van der Waals surface area contributed by atoms with Gasteiger partial charge in [-0.1, -0.05) is 98.8 Å². The van der Waals surface area contributed by atoms with E-state index < -0.39 is 0 Å². The van der Waals surface area contributed by atoms with Gasteiger partial charge >= 0.3 is 0 Å². The third-order valence-electron chi connectivity index (χ3n) is 8.44. The predicted molar refractivity (Wildman–Crippen MR) is 200 cm³/mol. The minimum Gasteiger partial charge on any atom is -0.493 e. The normalized spacial score (nSPS) is 11.1. The molecule has 49 heavy (non-hydrogen) atoms. The van der Waals surface area contributed by atoms with Crippen LogP contribution in [0.3, 0.4) is 0 Å². The second-order valence-corrected chi connectivity index (χ2v) is 12.6. The molecule has 2 aromatic carbocycles. The standard InChI is InChI=1S/C41H62O8/c1-7-12-17-24-44-32-23-22-31(29-33(32)45-25-18-13-8-2)38-41(48-28-21-16-11-5)37(42)36-34(46-26-19-14-9-3)30-35(43-6)39(40(36)49-38)47-27-20-15-10-4/h22-23,29-30H,7-21,24-28H2,1-6H3. The van der Waals surface area contributed by atoms with Gasteiger partial charge in [-0.2, -0.15) is 0 Å². The second-order valence-electron chi connectivity index (χ2n) is 12.6. The highest BCUT2D eigenvalue weighted by atomic mass is 16.5. The molecule has 0 saturated carbocycles. The van der Waals surface area contributed by atoms with E-state index >= 15 is 0 Å². The number of unbranched alkanes of at least 4 members (excludes halogenated alkanes) is 10. The summed E-state index contributed by atoms with van der Waals surface area (Å²) in [4.78, 5) is 14.6. The van der Waals surface area contributed by atoms with Crippen LogP contribution in [0.2, 0.25) is 0 Å². The molecule has 8 heteroatoms. The summed E-state index contributed by atoms with van der Waals surface area (Å²) in [5, 5.41) is 0.295. The summed E-state index contributed by atoms with van der Waals surface area (Å²) in [6, 6.07) is 7.45. The Bertz CT molecular complexity index is 1430. The molecule has 3 rings (SSSR count). The number of methoxy groups -OCH3 is 1. The van der Waals surface area contributed by atoms with E-state index in [4.69, 9.17) is 32.8 Å². The van der Waals surface area contributed by atoms with Crippen molar-refractivity contribution in [3.8, 4) is 45.8 Å². The van der Waals surface area contributed by atoms with Crippen LogP contribution in [-0.4, -0.2) is 40.1 Å². The first-order chi connectivity index (χ1) is 24.0. The van der Waals surface area contributed by atoms with Gasteiger partial charge < -0.3 is 32.8 Å². The highest BCUT2D eigenvalue weighted by molar-refractivity contribution is 5.93. The maximum atomic E-state index is 14.6. The van der Waals surface area contributed by atoms with Crippen LogP contribution in [0.25, 0.3) is 22.3 Å². The Morgan fingerprint density at radius 2 is 0.980 bits per heavy atom. The lowest BCUT2D eigenvalue weighted by atomic mass is 10.1. The van der Waals surface area contributed by atoms with Gasteiger partial charge in [0.05, 0.1) is 40.1 Å². The lowest BCUT2D eigenvalue weighted by Crippen LogP contribution is -2.14. The Labute approximate surface area is 294 Å². The minimum absolute atomic E-state index is 0.151. The summed E-state index contributed by atoms with van der Waals surface area (Å²) < 4.78 is 43.9. The molecule has 0 unspecified atom stereocenters. The SMILES string of the molecule is CCCCCOc1ccc(-c2oc3c(OCCCCC)c(OC)cc(OCCCCC)c3c(=O)c2OCCCCC)cc1OCCCCC. The van der Waals surface area contributed by atoms with Crippen LogP contribution in [0.5, 0.6) is 34.5 Å². The number of hydrogen-bond acceptors (Lipinski definition) is 8. The third kappa shape index (κ3) is 12.1. The van der Waals surface area contributed by atoms with E-state index in [-0.39, 0.29) is 16.8 Å². The lowest BCUT2D eigenvalue weighted by Gasteiger charge is -2.19.